The third-order valence-corrected chi connectivity index (χ3v) is 4.07. The zero-order valence-electron chi connectivity index (χ0n) is 8.20. The molecule has 0 saturated carbocycles. The van der Waals surface area contributed by atoms with E-state index < -0.39 is 9.84 Å². The number of hydrogen-bond acceptors (Lipinski definition) is 4. The van der Waals surface area contributed by atoms with Crippen LogP contribution in [0.25, 0.3) is 0 Å². The van der Waals surface area contributed by atoms with Gasteiger partial charge in [-0.3, -0.25) is 4.79 Å². The third-order valence-electron chi connectivity index (χ3n) is 1.77. The molecule has 1 aromatic rings. The Hall–Kier alpha value is -0.390. The van der Waals surface area contributed by atoms with Crippen molar-refractivity contribution >= 4 is 38.6 Å². The normalized spacial score (nSPS) is 11.6. The van der Waals surface area contributed by atoms with Gasteiger partial charge in [-0.05, 0) is 18.6 Å². The van der Waals surface area contributed by atoms with Crippen LogP contribution in [0.15, 0.2) is 12.1 Å². The van der Waals surface area contributed by atoms with Crippen LogP contribution < -0.4 is 0 Å². The van der Waals surface area contributed by atoms with Crippen LogP contribution in [0.4, 0.5) is 0 Å². The Kier molecular flexibility index (Phi) is 4.31. The molecule has 1 aromatic heterocycles. The summed E-state index contributed by atoms with van der Waals surface area (Å²) in [6.07, 6.45) is 1.79. The van der Waals surface area contributed by atoms with Crippen LogP contribution >= 0.6 is 22.9 Å². The number of carbonyl (C=O) groups is 1. The van der Waals surface area contributed by atoms with Crippen molar-refractivity contribution in [1.29, 1.82) is 0 Å². The molecule has 0 spiro atoms. The Balaban J connectivity index is 2.44. The van der Waals surface area contributed by atoms with E-state index in [9.17, 15) is 13.2 Å². The molecule has 0 saturated heterocycles. The van der Waals surface area contributed by atoms with E-state index in [4.69, 9.17) is 11.6 Å². The first-order chi connectivity index (χ1) is 6.88. The van der Waals surface area contributed by atoms with E-state index in [1.807, 2.05) is 0 Å². The maximum Gasteiger partial charge on any atom is 0.172 e. The second kappa shape index (κ2) is 5.09. The first-order valence-corrected chi connectivity index (χ1v) is 7.60. The van der Waals surface area contributed by atoms with E-state index in [0.717, 1.165) is 0 Å². The van der Waals surface area contributed by atoms with Crippen molar-refractivity contribution in [1.82, 2.24) is 0 Å². The molecular weight excluding hydrogens is 256 g/mol. The van der Waals surface area contributed by atoms with Gasteiger partial charge in [-0.15, -0.1) is 11.3 Å². The number of sulfone groups is 1. The summed E-state index contributed by atoms with van der Waals surface area (Å²) in [6, 6.07) is 3.33. The number of hydrogen-bond donors (Lipinski definition) is 0. The molecule has 6 heteroatoms. The van der Waals surface area contributed by atoms with Crippen LogP contribution in [0, 0.1) is 0 Å². The zero-order valence-corrected chi connectivity index (χ0v) is 10.6. The Labute approximate surface area is 98.0 Å². The van der Waals surface area contributed by atoms with Gasteiger partial charge in [0.05, 0.1) is 15.0 Å². The van der Waals surface area contributed by atoms with Crippen LogP contribution in [0.2, 0.25) is 4.34 Å². The molecule has 84 valence electrons. The van der Waals surface area contributed by atoms with Gasteiger partial charge in [-0.2, -0.15) is 0 Å². The summed E-state index contributed by atoms with van der Waals surface area (Å²) < 4.78 is 22.2. The van der Waals surface area contributed by atoms with E-state index in [1.165, 1.54) is 17.6 Å². The predicted molar refractivity (Wildman–Crippen MR) is 62.6 cm³/mol. The molecule has 0 aromatic carbocycles. The Morgan fingerprint density at radius 1 is 1.47 bits per heavy atom. The second-order valence-corrected chi connectivity index (χ2v) is 7.24. The second-order valence-electron chi connectivity index (χ2n) is 3.26. The Bertz CT molecular complexity index is 448. The summed E-state index contributed by atoms with van der Waals surface area (Å²) in [5, 5.41) is 0. The number of ketones is 1. The van der Waals surface area contributed by atoms with Gasteiger partial charge in [0, 0.05) is 12.7 Å². The van der Waals surface area contributed by atoms with Crippen molar-refractivity contribution in [3.63, 3.8) is 0 Å². The standard InChI is InChI=1S/C9H11ClO3S2/c1-15(12,13)6-2-3-7(11)8-4-5-9(10)14-8/h4-5H,2-3,6H2,1H3. The number of rotatable bonds is 5. The summed E-state index contributed by atoms with van der Waals surface area (Å²) in [5.74, 6) is 0.00763. The number of thiophene rings is 1. The van der Waals surface area contributed by atoms with Crippen molar-refractivity contribution in [2.75, 3.05) is 12.0 Å². The maximum atomic E-state index is 11.5. The quantitative estimate of drug-likeness (QED) is 0.769. The lowest BCUT2D eigenvalue weighted by Gasteiger charge is -1.97. The highest BCUT2D eigenvalue weighted by Gasteiger charge is 2.10. The fraction of sp³-hybridized carbons (Fsp3) is 0.444. The molecule has 0 N–H and O–H groups in total. The van der Waals surface area contributed by atoms with E-state index in [-0.39, 0.29) is 18.0 Å². The van der Waals surface area contributed by atoms with Crippen molar-refractivity contribution in [3.8, 4) is 0 Å². The molecule has 0 amide bonds. The summed E-state index contributed by atoms with van der Waals surface area (Å²) >= 11 is 6.90. The third kappa shape index (κ3) is 4.77. The minimum absolute atomic E-state index is 0.0458. The van der Waals surface area contributed by atoms with Crippen molar-refractivity contribution < 1.29 is 13.2 Å². The number of carbonyl (C=O) groups excluding carboxylic acids is 1. The SMILES string of the molecule is CS(=O)(=O)CCCC(=O)c1ccc(Cl)s1. The lowest BCUT2D eigenvalue weighted by atomic mass is 10.2. The summed E-state index contributed by atoms with van der Waals surface area (Å²) in [5.41, 5.74) is 0. The van der Waals surface area contributed by atoms with Gasteiger partial charge in [0.2, 0.25) is 0 Å². The number of halogens is 1. The minimum Gasteiger partial charge on any atom is -0.293 e. The van der Waals surface area contributed by atoms with E-state index >= 15 is 0 Å². The molecule has 3 nitrogen and oxygen atoms in total. The average Bonchev–Trinajstić information content (AvgIpc) is 2.49. The van der Waals surface area contributed by atoms with Gasteiger partial charge < -0.3 is 0 Å². The van der Waals surface area contributed by atoms with Crippen molar-refractivity contribution in [2.24, 2.45) is 0 Å². The topological polar surface area (TPSA) is 51.2 Å². The predicted octanol–water partition coefficient (Wildman–Crippen LogP) is 2.41. The van der Waals surface area contributed by atoms with E-state index in [1.54, 1.807) is 12.1 Å². The van der Waals surface area contributed by atoms with E-state index in [0.29, 0.717) is 15.6 Å². The molecule has 0 bridgehead atoms. The van der Waals surface area contributed by atoms with Crippen LogP contribution in [0.1, 0.15) is 22.5 Å². The highest BCUT2D eigenvalue weighted by atomic mass is 35.5. The lowest BCUT2D eigenvalue weighted by Crippen LogP contribution is -2.05. The van der Waals surface area contributed by atoms with Gasteiger partial charge in [0.1, 0.15) is 9.84 Å². The summed E-state index contributed by atoms with van der Waals surface area (Å²) in [6.45, 7) is 0. The molecule has 0 aliphatic carbocycles. The first kappa shape index (κ1) is 12.7. The van der Waals surface area contributed by atoms with Gasteiger partial charge in [-0.25, -0.2) is 8.42 Å². The summed E-state index contributed by atoms with van der Waals surface area (Å²) in [7, 11) is -2.97. The number of Topliss-reactive ketones (excluding diaryl/α,β-unsaturated/α-hetero) is 1. The molecule has 0 aliphatic heterocycles. The molecule has 0 fully saturated rings. The van der Waals surface area contributed by atoms with Crippen molar-refractivity contribution in [2.45, 2.75) is 12.8 Å². The molecule has 15 heavy (non-hydrogen) atoms. The molecule has 0 atom stereocenters. The smallest absolute Gasteiger partial charge is 0.172 e. The molecule has 0 unspecified atom stereocenters. The molecule has 1 heterocycles. The molecule has 1 rings (SSSR count). The monoisotopic (exact) mass is 266 g/mol. The fourth-order valence-electron chi connectivity index (χ4n) is 1.08. The van der Waals surface area contributed by atoms with Crippen LogP contribution in [-0.4, -0.2) is 26.2 Å². The van der Waals surface area contributed by atoms with Crippen LogP contribution in [0.3, 0.4) is 0 Å². The van der Waals surface area contributed by atoms with Crippen LogP contribution in [-0.2, 0) is 9.84 Å². The largest absolute Gasteiger partial charge is 0.293 e. The van der Waals surface area contributed by atoms with E-state index in [2.05, 4.69) is 0 Å². The maximum absolute atomic E-state index is 11.5. The van der Waals surface area contributed by atoms with Gasteiger partial charge in [-0.1, -0.05) is 11.6 Å². The first-order valence-electron chi connectivity index (χ1n) is 4.35. The zero-order chi connectivity index (χ0) is 11.5. The van der Waals surface area contributed by atoms with Crippen LogP contribution in [0.5, 0.6) is 0 Å². The molecule has 0 aliphatic rings. The molecule has 0 radical (unpaired) electrons. The highest BCUT2D eigenvalue weighted by molar-refractivity contribution is 7.90. The Morgan fingerprint density at radius 3 is 2.60 bits per heavy atom. The van der Waals surface area contributed by atoms with Gasteiger partial charge in [0.15, 0.2) is 5.78 Å². The summed E-state index contributed by atoms with van der Waals surface area (Å²) in [4.78, 5) is 12.1. The van der Waals surface area contributed by atoms with Gasteiger partial charge in [0.25, 0.3) is 0 Å². The highest BCUT2D eigenvalue weighted by Crippen LogP contribution is 2.22. The lowest BCUT2D eigenvalue weighted by molar-refractivity contribution is 0.0986. The Morgan fingerprint density at radius 2 is 2.13 bits per heavy atom. The van der Waals surface area contributed by atoms with Gasteiger partial charge >= 0.3 is 0 Å². The minimum atomic E-state index is -2.97. The van der Waals surface area contributed by atoms with Crippen molar-refractivity contribution in [3.05, 3.63) is 21.3 Å². The fourth-order valence-corrected chi connectivity index (χ4v) is 2.76. The average molecular weight is 267 g/mol. The molecular formula is C9H11ClO3S2.